The molecule has 98 valence electrons. The largest absolute Gasteiger partial charge is 0.466 e. The predicted molar refractivity (Wildman–Crippen MR) is 78.0 cm³/mol. The SMILES string of the molecule is CCOC(N)=NC(c1ccccc1)c1ccccc1. The molecule has 3 heteroatoms. The molecule has 0 radical (unpaired) electrons. The number of benzene rings is 2. The summed E-state index contributed by atoms with van der Waals surface area (Å²) in [6.07, 6.45) is 0. The predicted octanol–water partition coefficient (Wildman–Crippen LogP) is 3.13. The number of nitrogens with zero attached hydrogens (tertiary/aromatic N) is 1. The molecule has 0 unspecified atom stereocenters. The Kier molecular flexibility index (Phi) is 4.56. The molecule has 0 bridgehead atoms. The molecule has 0 amide bonds. The molecule has 0 fully saturated rings. The molecule has 0 atom stereocenters. The lowest BCUT2D eigenvalue weighted by molar-refractivity contribution is 0.319. The lowest BCUT2D eigenvalue weighted by Gasteiger charge is -2.14. The molecule has 0 aromatic heterocycles. The van der Waals surface area contributed by atoms with E-state index in [1.807, 2.05) is 67.6 Å². The van der Waals surface area contributed by atoms with Crippen molar-refractivity contribution in [2.45, 2.75) is 13.0 Å². The highest BCUT2D eigenvalue weighted by atomic mass is 16.5. The highest BCUT2D eigenvalue weighted by molar-refractivity contribution is 5.72. The summed E-state index contributed by atoms with van der Waals surface area (Å²) in [5, 5.41) is 0. The summed E-state index contributed by atoms with van der Waals surface area (Å²) in [6, 6.07) is 20.2. The van der Waals surface area contributed by atoms with Gasteiger partial charge < -0.3 is 10.5 Å². The molecule has 0 spiro atoms. The van der Waals surface area contributed by atoms with E-state index in [0.29, 0.717) is 6.61 Å². The van der Waals surface area contributed by atoms with Crippen molar-refractivity contribution in [2.24, 2.45) is 10.7 Å². The first-order valence-electron chi connectivity index (χ1n) is 6.37. The van der Waals surface area contributed by atoms with E-state index in [9.17, 15) is 0 Å². The van der Waals surface area contributed by atoms with Gasteiger partial charge in [-0.2, -0.15) is 0 Å². The van der Waals surface area contributed by atoms with Gasteiger partial charge in [-0.05, 0) is 18.1 Å². The zero-order chi connectivity index (χ0) is 13.5. The summed E-state index contributed by atoms with van der Waals surface area (Å²) < 4.78 is 5.24. The van der Waals surface area contributed by atoms with Gasteiger partial charge in [-0.25, -0.2) is 4.99 Å². The molecule has 19 heavy (non-hydrogen) atoms. The molecular formula is C16H18N2O. The lowest BCUT2D eigenvalue weighted by atomic mass is 9.99. The van der Waals surface area contributed by atoms with Crippen molar-refractivity contribution >= 4 is 6.02 Å². The maximum absolute atomic E-state index is 5.79. The van der Waals surface area contributed by atoms with Crippen LogP contribution in [0.4, 0.5) is 0 Å². The first-order chi connectivity index (χ1) is 9.31. The quantitative estimate of drug-likeness (QED) is 0.673. The zero-order valence-corrected chi connectivity index (χ0v) is 11.0. The lowest BCUT2D eigenvalue weighted by Crippen LogP contribution is -2.18. The summed E-state index contributed by atoms with van der Waals surface area (Å²) >= 11 is 0. The molecule has 0 saturated heterocycles. The van der Waals surface area contributed by atoms with E-state index in [1.165, 1.54) is 0 Å². The van der Waals surface area contributed by atoms with Gasteiger partial charge in [0.05, 0.1) is 6.61 Å². The second-order valence-electron chi connectivity index (χ2n) is 4.12. The average molecular weight is 254 g/mol. The minimum atomic E-state index is -0.131. The summed E-state index contributed by atoms with van der Waals surface area (Å²) in [6.45, 7) is 2.41. The van der Waals surface area contributed by atoms with E-state index in [2.05, 4.69) is 4.99 Å². The van der Waals surface area contributed by atoms with Crippen LogP contribution in [0.3, 0.4) is 0 Å². The van der Waals surface area contributed by atoms with Gasteiger partial charge in [-0.15, -0.1) is 0 Å². The molecule has 2 aromatic carbocycles. The highest BCUT2D eigenvalue weighted by Gasteiger charge is 2.13. The maximum Gasteiger partial charge on any atom is 0.282 e. The van der Waals surface area contributed by atoms with E-state index >= 15 is 0 Å². The van der Waals surface area contributed by atoms with E-state index in [4.69, 9.17) is 10.5 Å². The van der Waals surface area contributed by atoms with Gasteiger partial charge in [0.2, 0.25) is 0 Å². The van der Waals surface area contributed by atoms with Crippen molar-refractivity contribution in [3.63, 3.8) is 0 Å². The van der Waals surface area contributed by atoms with Crippen LogP contribution < -0.4 is 5.73 Å². The smallest absolute Gasteiger partial charge is 0.282 e. The van der Waals surface area contributed by atoms with E-state index < -0.39 is 0 Å². The van der Waals surface area contributed by atoms with Crippen molar-refractivity contribution in [1.82, 2.24) is 0 Å². The van der Waals surface area contributed by atoms with Gasteiger partial charge in [0.1, 0.15) is 6.04 Å². The third kappa shape index (κ3) is 3.58. The number of amidine groups is 1. The molecule has 2 rings (SSSR count). The van der Waals surface area contributed by atoms with Crippen LogP contribution in [0.5, 0.6) is 0 Å². The molecule has 0 saturated carbocycles. The summed E-state index contributed by atoms with van der Waals surface area (Å²) in [5.74, 6) is 0. The van der Waals surface area contributed by atoms with Gasteiger partial charge in [0, 0.05) is 0 Å². The standard InChI is InChI=1S/C16H18N2O/c1-2-19-16(17)18-15(13-9-5-3-6-10-13)14-11-7-4-8-12-14/h3-12,15H,2H2,1H3,(H2,17,18). The van der Waals surface area contributed by atoms with Crippen molar-refractivity contribution in [1.29, 1.82) is 0 Å². The van der Waals surface area contributed by atoms with Gasteiger partial charge in [0.15, 0.2) is 0 Å². The number of hydrogen-bond donors (Lipinski definition) is 1. The normalized spacial score (nSPS) is 11.6. The fourth-order valence-electron chi connectivity index (χ4n) is 1.92. The Balaban J connectivity index is 2.37. The molecule has 2 N–H and O–H groups in total. The van der Waals surface area contributed by atoms with Crippen molar-refractivity contribution < 1.29 is 4.74 Å². The molecule has 0 heterocycles. The van der Waals surface area contributed by atoms with Crippen molar-refractivity contribution in [3.8, 4) is 0 Å². The summed E-state index contributed by atoms with van der Waals surface area (Å²) in [4.78, 5) is 4.48. The number of hydrogen-bond acceptors (Lipinski definition) is 2. The Morgan fingerprint density at radius 3 is 1.89 bits per heavy atom. The van der Waals surface area contributed by atoms with Crippen LogP contribution in [0.15, 0.2) is 65.7 Å². The topological polar surface area (TPSA) is 47.6 Å². The van der Waals surface area contributed by atoms with Crippen molar-refractivity contribution in [2.75, 3.05) is 6.61 Å². The van der Waals surface area contributed by atoms with Crippen LogP contribution in [-0.4, -0.2) is 12.6 Å². The summed E-state index contributed by atoms with van der Waals surface area (Å²) in [7, 11) is 0. The monoisotopic (exact) mass is 254 g/mol. The number of ether oxygens (including phenoxy) is 1. The maximum atomic E-state index is 5.79. The Morgan fingerprint density at radius 1 is 1.00 bits per heavy atom. The molecule has 2 aromatic rings. The van der Waals surface area contributed by atoms with Crippen LogP contribution in [0, 0.1) is 0 Å². The van der Waals surface area contributed by atoms with Crippen LogP contribution in [0.25, 0.3) is 0 Å². The second-order valence-corrected chi connectivity index (χ2v) is 4.12. The second kappa shape index (κ2) is 6.59. The van der Waals surface area contributed by atoms with Gasteiger partial charge in [-0.3, -0.25) is 0 Å². The van der Waals surface area contributed by atoms with E-state index in [0.717, 1.165) is 11.1 Å². The van der Waals surface area contributed by atoms with E-state index in [1.54, 1.807) is 0 Å². The molecule has 0 aliphatic heterocycles. The fourth-order valence-corrected chi connectivity index (χ4v) is 1.92. The Labute approximate surface area is 113 Å². The van der Waals surface area contributed by atoms with Crippen LogP contribution in [0.2, 0.25) is 0 Å². The Hall–Kier alpha value is -2.29. The average Bonchev–Trinajstić information content (AvgIpc) is 2.47. The number of aliphatic imine (C=N–C) groups is 1. The third-order valence-electron chi connectivity index (χ3n) is 2.78. The van der Waals surface area contributed by atoms with Gasteiger partial charge in [0.25, 0.3) is 6.02 Å². The first kappa shape index (κ1) is 13.1. The fraction of sp³-hybridized carbons (Fsp3) is 0.188. The van der Waals surface area contributed by atoms with Crippen LogP contribution in [0.1, 0.15) is 24.1 Å². The molecule has 0 aliphatic carbocycles. The number of nitrogens with two attached hydrogens (primary N) is 1. The first-order valence-corrected chi connectivity index (χ1v) is 6.37. The molecular weight excluding hydrogens is 236 g/mol. The molecule has 0 aliphatic rings. The van der Waals surface area contributed by atoms with Crippen LogP contribution in [-0.2, 0) is 4.74 Å². The summed E-state index contributed by atoms with van der Waals surface area (Å²) in [5.41, 5.74) is 7.98. The third-order valence-corrected chi connectivity index (χ3v) is 2.78. The van der Waals surface area contributed by atoms with Crippen LogP contribution >= 0.6 is 0 Å². The zero-order valence-electron chi connectivity index (χ0n) is 11.0. The van der Waals surface area contributed by atoms with Crippen molar-refractivity contribution in [3.05, 3.63) is 71.8 Å². The van der Waals surface area contributed by atoms with Gasteiger partial charge in [-0.1, -0.05) is 60.7 Å². The minimum absolute atomic E-state index is 0.131. The highest BCUT2D eigenvalue weighted by Crippen LogP contribution is 2.25. The molecule has 3 nitrogen and oxygen atoms in total. The number of rotatable bonds is 4. The van der Waals surface area contributed by atoms with Gasteiger partial charge >= 0.3 is 0 Å². The minimum Gasteiger partial charge on any atom is -0.466 e. The Bertz CT molecular complexity index is 483. The van der Waals surface area contributed by atoms with E-state index in [-0.39, 0.29) is 12.1 Å². The Morgan fingerprint density at radius 2 is 1.47 bits per heavy atom.